The largest absolute Gasteiger partial charge is 0.496 e. The zero-order valence-corrected chi connectivity index (χ0v) is 13.6. The number of hydrogen-bond donors (Lipinski definition) is 0. The van der Waals surface area contributed by atoms with Crippen molar-refractivity contribution in [1.82, 2.24) is 4.57 Å². The maximum absolute atomic E-state index is 12.6. The summed E-state index contributed by atoms with van der Waals surface area (Å²) >= 11 is 0. The van der Waals surface area contributed by atoms with Crippen LogP contribution >= 0.6 is 0 Å². The second kappa shape index (κ2) is 6.14. The predicted octanol–water partition coefficient (Wildman–Crippen LogP) is 3.00. The van der Waals surface area contributed by atoms with Gasteiger partial charge in [-0.15, -0.1) is 0 Å². The van der Waals surface area contributed by atoms with Crippen LogP contribution in [-0.4, -0.2) is 25.4 Å². The maximum Gasteiger partial charge on any atom is 0.387 e. The average molecular weight is 337 g/mol. The summed E-state index contributed by atoms with van der Waals surface area (Å²) in [5.41, 5.74) is 2.94. The molecular weight excluding hydrogens is 320 g/mol. The molecular formula is C17H17F2NO4. The molecule has 0 saturated carbocycles. The molecule has 0 saturated heterocycles. The Morgan fingerprint density at radius 3 is 2.42 bits per heavy atom. The fourth-order valence-electron chi connectivity index (χ4n) is 3.12. The first kappa shape index (κ1) is 16.3. The number of aromatic nitrogens is 1. The molecule has 0 fully saturated rings. The van der Waals surface area contributed by atoms with Gasteiger partial charge in [0.15, 0.2) is 11.5 Å². The predicted molar refractivity (Wildman–Crippen MR) is 84.3 cm³/mol. The van der Waals surface area contributed by atoms with Crippen LogP contribution in [0.3, 0.4) is 0 Å². The first-order valence-corrected chi connectivity index (χ1v) is 7.40. The average Bonchev–Trinajstić information content (AvgIpc) is 2.56. The van der Waals surface area contributed by atoms with Crippen LogP contribution in [0, 0.1) is 6.92 Å². The van der Waals surface area contributed by atoms with Gasteiger partial charge in [0.25, 0.3) is 5.56 Å². The molecule has 0 spiro atoms. The highest BCUT2D eigenvalue weighted by Gasteiger charge is 2.24. The summed E-state index contributed by atoms with van der Waals surface area (Å²) < 4.78 is 41.8. The van der Waals surface area contributed by atoms with Crippen LogP contribution in [0.15, 0.2) is 23.0 Å². The van der Waals surface area contributed by atoms with Crippen molar-refractivity contribution in [2.75, 3.05) is 14.2 Å². The number of aryl methyl sites for hydroxylation is 1. The van der Waals surface area contributed by atoms with Crippen molar-refractivity contribution in [1.29, 1.82) is 0 Å². The van der Waals surface area contributed by atoms with Crippen LogP contribution < -0.4 is 19.8 Å². The number of ether oxygens (including phenoxy) is 3. The molecule has 2 aromatic rings. The van der Waals surface area contributed by atoms with Crippen molar-refractivity contribution in [2.24, 2.45) is 0 Å². The van der Waals surface area contributed by atoms with E-state index in [1.807, 2.05) is 6.92 Å². The van der Waals surface area contributed by atoms with Crippen LogP contribution in [0.4, 0.5) is 8.78 Å². The minimum absolute atomic E-state index is 0.0115. The zero-order valence-electron chi connectivity index (χ0n) is 13.6. The lowest BCUT2D eigenvalue weighted by molar-refractivity contribution is -0.0512. The molecule has 3 rings (SSSR count). The number of benzene rings is 1. The molecule has 0 bridgehead atoms. The van der Waals surface area contributed by atoms with Gasteiger partial charge in [0.2, 0.25) is 0 Å². The van der Waals surface area contributed by atoms with Crippen molar-refractivity contribution in [3.05, 3.63) is 39.7 Å². The van der Waals surface area contributed by atoms with E-state index in [2.05, 4.69) is 4.74 Å². The summed E-state index contributed by atoms with van der Waals surface area (Å²) in [6, 6.07) is 4.63. The van der Waals surface area contributed by atoms with E-state index < -0.39 is 6.61 Å². The smallest absolute Gasteiger partial charge is 0.387 e. The van der Waals surface area contributed by atoms with Gasteiger partial charge in [-0.2, -0.15) is 8.78 Å². The van der Waals surface area contributed by atoms with Gasteiger partial charge in [-0.1, -0.05) is 0 Å². The third kappa shape index (κ3) is 2.60. The van der Waals surface area contributed by atoms with E-state index in [0.29, 0.717) is 24.4 Å². The molecule has 0 aliphatic carbocycles. The molecule has 0 unspecified atom stereocenters. The Morgan fingerprint density at radius 1 is 1.08 bits per heavy atom. The van der Waals surface area contributed by atoms with Crippen molar-refractivity contribution in [3.8, 4) is 28.5 Å². The zero-order chi connectivity index (χ0) is 17.4. The molecule has 0 N–H and O–H groups in total. The van der Waals surface area contributed by atoms with Gasteiger partial charge < -0.3 is 18.8 Å². The van der Waals surface area contributed by atoms with Gasteiger partial charge >= 0.3 is 6.61 Å². The standard InChI is InChI=1S/C17H17F2NO4/c1-9-12(22-2)8-15(21)20-5-4-10-6-14(24-17(18)19)13(23-3)7-11(10)16(9)20/h6-8,17H,4-5H2,1-3H3. The Balaban J connectivity index is 2.25. The minimum Gasteiger partial charge on any atom is -0.496 e. The summed E-state index contributed by atoms with van der Waals surface area (Å²) in [4.78, 5) is 12.3. The lowest BCUT2D eigenvalue weighted by atomic mass is 9.93. The van der Waals surface area contributed by atoms with Crippen LogP contribution in [-0.2, 0) is 13.0 Å². The highest BCUT2D eigenvalue weighted by atomic mass is 19.3. The minimum atomic E-state index is -2.93. The second-order valence-corrected chi connectivity index (χ2v) is 5.46. The van der Waals surface area contributed by atoms with E-state index in [4.69, 9.17) is 9.47 Å². The van der Waals surface area contributed by atoms with Crippen LogP contribution in [0.25, 0.3) is 11.3 Å². The molecule has 24 heavy (non-hydrogen) atoms. The van der Waals surface area contributed by atoms with Crippen molar-refractivity contribution in [3.63, 3.8) is 0 Å². The Bertz CT molecular complexity index is 845. The number of methoxy groups -OCH3 is 2. The van der Waals surface area contributed by atoms with Gasteiger partial charge in [0.05, 0.1) is 19.9 Å². The third-order valence-corrected chi connectivity index (χ3v) is 4.20. The molecule has 2 heterocycles. The number of hydrogen-bond acceptors (Lipinski definition) is 4. The molecule has 0 amide bonds. The number of fused-ring (bicyclic) bond motifs is 3. The number of nitrogens with zero attached hydrogens (tertiary/aromatic N) is 1. The van der Waals surface area contributed by atoms with E-state index in [-0.39, 0.29) is 17.1 Å². The molecule has 1 aliphatic rings. The van der Waals surface area contributed by atoms with E-state index in [9.17, 15) is 13.6 Å². The SMILES string of the molecule is COc1cc2c(cc1OC(F)F)CCn1c-2c(C)c(OC)cc1=O. The number of halogens is 2. The lowest BCUT2D eigenvalue weighted by Crippen LogP contribution is -2.27. The molecule has 0 radical (unpaired) electrons. The summed E-state index contributed by atoms with van der Waals surface area (Å²) in [6.45, 7) is -0.612. The Labute approximate surface area is 137 Å². The van der Waals surface area contributed by atoms with E-state index in [0.717, 1.165) is 16.7 Å². The third-order valence-electron chi connectivity index (χ3n) is 4.20. The first-order chi connectivity index (χ1) is 11.5. The summed E-state index contributed by atoms with van der Waals surface area (Å²) in [7, 11) is 2.89. The maximum atomic E-state index is 12.6. The summed E-state index contributed by atoms with van der Waals surface area (Å²) in [5.74, 6) is 0.672. The topological polar surface area (TPSA) is 49.7 Å². The Hall–Kier alpha value is -2.57. The summed E-state index contributed by atoms with van der Waals surface area (Å²) in [6.07, 6.45) is 0.539. The Morgan fingerprint density at radius 2 is 1.79 bits per heavy atom. The first-order valence-electron chi connectivity index (χ1n) is 7.40. The van der Waals surface area contributed by atoms with Gasteiger partial charge in [0.1, 0.15) is 5.75 Å². The highest BCUT2D eigenvalue weighted by Crippen LogP contribution is 2.41. The quantitative estimate of drug-likeness (QED) is 0.861. The van der Waals surface area contributed by atoms with E-state index >= 15 is 0 Å². The number of rotatable bonds is 4. The molecule has 5 nitrogen and oxygen atoms in total. The van der Waals surface area contributed by atoms with Crippen molar-refractivity contribution < 1.29 is 23.0 Å². The van der Waals surface area contributed by atoms with E-state index in [1.165, 1.54) is 20.3 Å². The monoisotopic (exact) mass is 337 g/mol. The lowest BCUT2D eigenvalue weighted by Gasteiger charge is -2.26. The molecule has 1 aliphatic heterocycles. The molecule has 0 atom stereocenters. The van der Waals surface area contributed by atoms with Crippen LogP contribution in [0.1, 0.15) is 11.1 Å². The van der Waals surface area contributed by atoms with Crippen molar-refractivity contribution >= 4 is 0 Å². The van der Waals surface area contributed by atoms with Gasteiger partial charge in [0, 0.05) is 23.7 Å². The normalized spacial score (nSPS) is 12.6. The van der Waals surface area contributed by atoms with Crippen LogP contribution in [0.5, 0.6) is 17.2 Å². The van der Waals surface area contributed by atoms with Crippen molar-refractivity contribution in [2.45, 2.75) is 26.5 Å². The molecule has 7 heteroatoms. The fourth-order valence-corrected chi connectivity index (χ4v) is 3.12. The molecule has 1 aromatic heterocycles. The fraction of sp³-hybridized carbons (Fsp3) is 0.353. The highest BCUT2D eigenvalue weighted by molar-refractivity contribution is 5.74. The van der Waals surface area contributed by atoms with Gasteiger partial charge in [-0.05, 0) is 31.0 Å². The molecule has 128 valence electrons. The Kier molecular flexibility index (Phi) is 4.17. The number of pyridine rings is 1. The van der Waals surface area contributed by atoms with Crippen LogP contribution in [0.2, 0.25) is 0 Å². The number of alkyl halides is 2. The van der Waals surface area contributed by atoms with E-state index in [1.54, 1.807) is 16.7 Å². The second-order valence-electron chi connectivity index (χ2n) is 5.46. The van der Waals surface area contributed by atoms with Gasteiger partial charge in [-0.25, -0.2) is 0 Å². The molecule has 1 aromatic carbocycles. The summed E-state index contributed by atoms with van der Waals surface area (Å²) in [5, 5.41) is 0. The van der Waals surface area contributed by atoms with Gasteiger partial charge in [-0.3, -0.25) is 4.79 Å².